The summed E-state index contributed by atoms with van der Waals surface area (Å²) in [5.41, 5.74) is 0.671. The number of carboxylic acid groups (broad SMARTS) is 1. The number of anilines is 1. The van der Waals surface area contributed by atoms with Crippen molar-refractivity contribution in [3.8, 4) is 11.8 Å². The number of halogens is 3. The predicted molar refractivity (Wildman–Crippen MR) is 104 cm³/mol. The van der Waals surface area contributed by atoms with Crippen LogP contribution in [0, 0.1) is 6.92 Å². The molecule has 1 unspecified atom stereocenters. The number of aryl methyl sites for hydroxylation is 1. The fraction of sp³-hybridized carbons (Fsp3) is 0.526. The summed E-state index contributed by atoms with van der Waals surface area (Å²) in [6.07, 6.45) is 1.60. The molecule has 4 rings (SSSR count). The third-order valence-corrected chi connectivity index (χ3v) is 4.83. The Morgan fingerprint density at radius 2 is 2.00 bits per heavy atom. The van der Waals surface area contributed by atoms with Crippen molar-refractivity contribution in [2.24, 2.45) is 0 Å². The lowest BCUT2D eigenvalue weighted by atomic mass is 9.84. The first-order chi connectivity index (χ1) is 15.1. The molecule has 1 spiro atoms. The third kappa shape index (κ3) is 5.93. The van der Waals surface area contributed by atoms with Crippen LogP contribution >= 0.6 is 0 Å². The minimum absolute atomic E-state index is 0.0898. The van der Waals surface area contributed by atoms with Crippen molar-refractivity contribution >= 4 is 11.8 Å². The van der Waals surface area contributed by atoms with Gasteiger partial charge in [0.05, 0.1) is 38.7 Å². The number of carboxylic acids is 1. The van der Waals surface area contributed by atoms with Crippen molar-refractivity contribution in [1.82, 2.24) is 19.9 Å². The minimum Gasteiger partial charge on any atom is -0.481 e. The molecule has 0 radical (unpaired) electrons. The lowest BCUT2D eigenvalue weighted by Gasteiger charge is -2.53. The number of nitrogens with zero attached hydrogens (tertiary/aromatic N) is 5. The van der Waals surface area contributed by atoms with Gasteiger partial charge in [-0.1, -0.05) is 0 Å². The molecule has 0 amide bonds. The number of ether oxygens (including phenoxy) is 3. The van der Waals surface area contributed by atoms with Crippen molar-refractivity contribution < 1.29 is 37.3 Å². The van der Waals surface area contributed by atoms with Crippen molar-refractivity contribution in [2.45, 2.75) is 37.6 Å². The quantitative estimate of drug-likeness (QED) is 0.730. The van der Waals surface area contributed by atoms with Crippen LogP contribution in [0.4, 0.5) is 19.0 Å². The van der Waals surface area contributed by atoms with Crippen LogP contribution in [-0.2, 0) is 9.53 Å². The van der Waals surface area contributed by atoms with E-state index in [2.05, 4.69) is 24.8 Å². The number of aliphatic carboxylic acids is 1. The number of carbonyl (C=O) groups is 1. The molecule has 2 aliphatic heterocycles. The van der Waals surface area contributed by atoms with Crippen molar-refractivity contribution in [3.05, 3.63) is 30.5 Å². The zero-order valence-electron chi connectivity index (χ0n) is 17.4. The van der Waals surface area contributed by atoms with Crippen LogP contribution in [0.2, 0.25) is 0 Å². The molecule has 2 saturated heterocycles. The number of hydrogen-bond acceptors (Lipinski definition) is 9. The number of hydrogen-bond donors (Lipinski definition) is 1. The zero-order chi connectivity index (χ0) is 23.4. The van der Waals surface area contributed by atoms with E-state index < -0.39 is 12.1 Å². The Morgan fingerprint density at radius 1 is 1.28 bits per heavy atom. The number of alkyl halides is 3. The molecule has 0 saturated carbocycles. The fourth-order valence-electron chi connectivity index (χ4n) is 3.40. The SMILES string of the molecule is COc1cc(N2CC3(CC(Oc4cncc(C)n4)CCO3)C2)ncn1.O=C(O)C(F)(F)F. The number of aromatic nitrogens is 4. The van der Waals surface area contributed by atoms with Gasteiger partial charge in [0.1, 0.15) is 23.9 Å². The molecule has 2 aliphatic rings. The summed E-state index contributed by atoms with van der Waals surface area (Å²) in [6, 6.07) is 1.84. The van der Waals surface area contributed by atoms with E-state index in [-0.39, 0.29) is 11.7 Å². The second-order valence-electron chi connectivity index (χ2n) is 7.34. The predicted octanol–water partition coefficient (Wildman–Crippen LogP) is 2.03. The van der Waals surface area contributed by atoms with Crippen LogP contribution in [0.1, 0.15) is 18.5 Å². The highest BCUT2D eigenvalue weighted by atomic mass is 19.4. The molecule has 0 aromatic carbocycles. The summed E-state index contributed by atoms with van der Waals surface area (Å²) in [4.78, 5) is 27.9. The van der Waals surface area contributed by atoms with Gasteiger partial charge in [-0.25, -0.2) is 19.7 Å². The lowest BCUT2D eigenvalue weighted by molar-refractivity contribution is -0.192. The molecule has 1 N–H and O–H groups in total. The topological polar surface area (TPSA) is 120 Å². The van der Waals surface area contributed by atoms with Gasteiger partial charge >= 0.3 is 12.1 Å². The van der Waals surface area contributed by atoms with Crippen LogP contribution in [0.3, 0.4) is 0 Å². The molecule has 2 aromatic rings. The fourth-order valence-corrected chi connectivity index (χ4v) is 3.40. The first-order valence-electron chi connectivity index (χ1n) is 9.60. The van der Waals surface area contributed by atoms with E-state index >= 15 is 0 Å². The highest BCUT2D eigenvalue weighted by molar-refractivity contribution is 5.73. The maximum absolute atomic E-state index is 10.6. The molecule has 1 atom stereocenters. The van der Waals surface area contributed by atoms with Gasteiger partial charge in [-0.15, -0.1) is 0 Å². The summed E-state index contributed by atoms with van der Waals surface area (Å²) in [5, 5.41) is 7.12. The molecular formula is C19H22F3N5O5. The van der Waals surface area contributed by atoms with E-state index in [4.69, 9.17) is 24.1 Å². The average molecular weight is 457 g/mol. The molecule has 0 bridgehead atoms. The normalized spacial score (nSPS) is 19.4. The Balaban J connectivity index is 0.000000360. The summed E-state index contributed by atoms with van der Waals surface area (Å²) in [7, 11) is 1.60. The first kappa shape index (κ1) is 23.4. The van der Waals surface area contributed by atoms with E-state index in [1.54, 1.807) is 19.5 Å². The highest BCUT2D eigenvalue weighted by Gasteiger charge is 2.49. The maximum Gasteiger partial charge on any atom is 0.490 e. The smallest absolute Gasteiger partial charge is 0.481 e. The monoisotopic (exact) mass is 457 g/mol. The van der Waals surface area contributed by atoms with Crippen LogP contribution in [0.5, 0.6) is 11.8 Å². The van der Waals surface area contributed by atoms with E-state index in [1.165, 1.54) is 6.33 Å². The van der Waals surface area contributed by atoms with Gasteiger partial charge in [-0.3, -0.25) is 4.98 Å². The van der Waals surface area contributed by atoms with E-state index in [9.17, 15) is 13.2 Å². The molecule has 0 aliphatic carbocycles. The zero-order valence-corrected chi connectivity index (χ0v) is 17.4. The standard InChI is InChI=1S/C17H21N5O3.C2HF3O2/c1-12-7-18-8-16(21-12)25-13-3-4-24-17(6-13)9-22(10-17)14-5-15(23-2)20-11-19-14;3-2(4,5)1(6)7/h5,7-8,11,13H,3-4,6,9-10H2,1-2H3;(H,6,7). The first-order valence-corrected chi connectivity index (χ1v) is 9.60. The minimum atomic E-state index is -5.08. The molecular weight excluding hydrogens is 435 g/mol. The van der Waals surface area contributed by atoms with E-state index in [1.807, 2.05) is 13.0 Å². The van der Waals surface area contributed by atoms with Gasteiger partial charge in [0, 0.05) is 25.1 Å². The summed E-state index contributed by atoms with van der Waals surface area (Å²) in [6.45, 7) is 4.16. The Kier molecular flexibility index (Phi) is 6.96. The Labute approximate surface area is 181 Å². The van der Waals surface area contributed by atoms with E-state index in [0.717, 1.165) is 37.4 Å². The van der Waals surface area contributed by atoms with Crippen LogP contribution in [0.25, 0.3) is 0 Å². The van der Waals surface area contributed by atoms with Gasteiger partial charge in [0.25, 0.3) is 0 Å². The Morgan fingerprint density at radius 3 is 2.62 bits per heavy atom. The second kappa shape index (κ2) is 9.51. The lowest BCUT2D eigenvalue weighted by Crippen LogP contribution is -2.66. The molecule has 13 heteroatoms. The van der Waals surface area contributed by atoms with Crippen molar-refractivity contribution in [1.29, 1.82) is 0 Å². The van der Waals surface area contributed by atoms with E-state index in [0.29, 0.717) is 18.4 Å². The van der Waals surface area contributed by atoms with Crippen molar-refractivity contribution in [3.63, 3.8) is 0 Å². The molecule has 32 heavy (non-hydrogen) atoms. The Bertz CT molecular complexity index is 940. The van der Waals surface area contributed by atoms with Crippen LogP contribution in [0.15, 0.2) is 24.8 Å². The van der Waals surface area contributed by atoms with Gasteiger partial charge in [0.15, 0.2) is 0 Å². The maximum atomic E-state index is 10.6. The molecule has 10 nitrogen and oxygen atoms in total. The van der Waals surface area contributed by atoms with Gasteiger partial charge in [-0.05, 0) is 6.92 Å². The highest BCUT2D eigenvalue weighted by Crippen LogP contribution is 2.37. The molecule has 174 valence electrons. The largest absolute Gasteiger partial charge is 0.490 e. The van der Waals surface area contributed by atoms with Crippen LogP contribution in [-0.4, -0.2) is 75.7 Å². The molecule has 2 fully saturated rings. The second-order valence-corrected chi connectivity index (χ2v) is 7.34. The summed E-state index contributed by atoms with van der Waals surface area (Å²) in [5.74, 6) is -0.755. The van der Waals surface area contributed by atoms with Gasteiger partial charge in [-0.2, -0.15) is 13.2 Å². The van der Waals surface area contributed by atoms with Crippen molar-refractivity contribution in [2.75, 3.05) is 31.7 Å². The molecule has 4 heterocycles. The summed E-state index contributed by atoms with van der Waals surface area (Å²) >= 11 is 0. The number of methoxy groups -OCH3 is 1. The van der Waals surface area contributed by atoms with Gasteiger partial charge < -0.3 is 24.2 Å². The molecule has 2 aromatic heterocycles. The number of rotatable bonds is 4. The van der Waals surface area contributed by atoms with Gasteiger partial charge in [0.2, 0.25) is 11.8 Å². The Hall–Kier alpha value is -3.22. The third-order valence-electron chi connectivity index (χ3n) is 4.83. The summed E-state index contributed by atoms with van der Waals surface area (Å²) < 4.78 is 49.0. The van der Waals surface area contributed by atoms with Crippen LogP contribution < -0.4 is 14.4 Å². The average Bonchev–Trinajstić information content (AvgIpc) is 2.72.